The number of rotatable bonds is 3. The Morgan fingerprint density at radius 1 is 1.16 bits per heavy atom. The lowest BCUT2D eigenvalue weighted by Crippen LogP contribution is -2.37. The summed E-state index contributed by atoms with van der Waals surface area (Å²) >= 11 is 0. The summed E-state index contributed by atoms with van der Waals surface area (Å²) < 4.78 is 4.17. The van der Waals surface area contributed by atoms with Crippen LogP contribution in [0, 0.1) is 13.8 Å². The minimum absolute atomic E-state index is 0.406. The zero-order chi connectivity index (χ0) is 17.0. The summed E-state index contributed by atoms with van der Waals surface area (Å²) in [6.45, 7) is 6.12. The molecule has 3 aromatic rings. The lowest BCUT2D eigenvalue weighted by molar-refractivity contribution is 0.466. The Hall–Kier alpha value is -2.51. The van der Waals surface area contributed by atoms with Gasteiger partial charge in [0.05, 0.1) is 0 Å². The second-order valence-electron chi connectivity index (χ2n) is 7.23. The quantitative estimate of drug-likeness (QED) is 0.727. The molecule has 1 aliphatic carbocycles. The maximum atomic E-state index is 4.54. The molecule has 5 rings (SSSR count). The zero-order valence-corrected chi connectivity index (χ0v) is 14.6. The van der Waals surface area contributed by atoms with E-state index in [0.717, 1.165) is 43.3 Å². The first-order valence-electron chi connectivity index (χ1n) is 9.03. The molecule has 0 amide bonds. The Labute approximate surface area is 145 Å². The molecule has 1 atom stereocenters. The zero-order valence-electron chi connectivity index (χ0n) is 14.6. The number of hydrogen-bond acceptors (Lipinski definition) is 6. The molecule has 8 nitrogen and oxygen atoms in total. The number of hydrogen-bond donors (Lipinski definition) is 0. The van der Waals surface area contributed by atoms with Crippen molar-refractivity contribution in [2.24, 2.45) is 0 Å². The van der Waals surface area contributed by atoms with Crippen LogP contribution in [0.4, 0.5) is 5.82 Å². The highest BCUT2D eigenvalue weighted by Gasteiger charge is 2.32. The molecule has 4 heterocycles. The van der Waals surface area contributed by atoms with Crippen molar-refractivity contribution in [3.63, 3.8) is 0 Å². The van der Waals surface area contributed by atoms with Crippen molar-refractivity contribution in [3.05, 3.63) is 29.7 Å². The van der Waals surface area contributed by atoms with Gasteiger partial charge in [0.25, 0.3) is 5.78 Å². The summed E-state index contributed by atoms with van der Waals surface area (Å²) in [5.41, 5.74) is 2.18. The summed E-state index contributed by atoms with van der Waals surface area (Å²) in [5.74, 6) is 3.33. The van der Waals surface area contributed by atoms with E-state index >= 15 is 0 Å². The first-order valence-corrected chi connectivity index (χ1v) is 9.03. The summed E-state index contributed by atoms with van der Waals surface area (Å²) in [5, 5.41) is 13.1. The van der Waals surface area contributed by atoms with Gasteiger partial charge in [-0.15, -0.1) is 10.2 Å². The SMILES string of the molecule is Cc1nc2ncnn2c(N2CCCC(c3nncn3C3CC3)C2)c1C. The molecule has 0 aromatic carbocycles. The molecule has 1 saturated carbocycles. The molecule has 1 unspecified atom stereocenters. The van der Waals surface area contributed by atoms with Gasteiger partial charge in [0.2, 0.25) is 0 Å². The largest absolute Gasteiger partial charge is 0.355 e. The Morgan fingerprint density at radius 3 is 2.88 bits per heavy atom. The second kappa shape index (κ2) is 5.50. The van der Waals surface area contributed by atoms with Crippen molar-refractivity contribution in [3.8, 4) is 0 Å². The molecule has 1 aliphatic heterocycles. The molecule has 1 saturated heterocycles. The lowest BCUT2D eigenvalue weighted by atomic mass is 9.96. The van der Waals surface area contributed by atoms with Gasteiger partial charge in [-0.3, -0.25) is 0 Å². The predicted octanol–water partition coefficient (Wildman–Crippen LogP) is 2.05. The minimum atomic E-state index is 0.406. The normalized spacial score (nSPS) is 21.2. The smallest absolute Gasteiger partial charge is 0.254 e. The standard InChI is InChI=1S/C17H22N8/c1-11-12(2)21-17-18-9-20-25(17)16(11)23-7-3-4-13(8-23)15-22-19-10-24(15)14-5-6-14/h9-10,13-14H,3-8H2,1-2H3. The van der Waals surface area contributed by atoms with Crippen LogP contribution in [0.25, 0.3) is 5.78 Å². The van der Waals surface area contributed by atoms with Gasteiger partial charge in [-0.2, -0.15) is 14.6 Å². The second-order valence-corrected chi connectivity index (χ2v) is 7.23. The van der Waals surface area contributed by atoms with Crippen molar-refractivity contribution in [1.29, 1.82) is 0 Å². The van der Waals surface area contributed by atoms with E-state index in [1.807, 2.05) is 17.8 Å². The van der Waals surface area contributed by atoms with Gasteiger partial charge in [0, 0.05) is 36.3 Å². The molecule has 2 aliphatic rings. The van der Waals surface area contributed by atoms with Gasteiger partial charge in [-0.1, -0.05) is 0 Å². The highest BCUT2D eigenvalue weighted by atomic mass is 15.4. The van der Waals surface area contributed by atoms with E-state index in [1.165, 1.54) is 18.4 Å². The molecule has 25 heavy (non-hydrogen) atoms. The van der Waals surface area contributed by atoms with Gasteiger partial charge in [0.1, 0.15) is 24.3 Å². The van der Waals surface area contributed by atoms with E-state index in [4.69, 9.17) is 0 Å². The van der Waals surface area contributed by atoms with Crippen molar-refractivity contribution in [2.75, 3.05) is 18.0 Å². The van der Waals surface area contributed by atoms with Gasteiger partial charge in [-0.05, 0) is 39.5 Å². The van der Waals surface area contributed by atoms with E-state index in [9.17, 15) is 0 Å². The van der Waals surface area contributed by atoms with Crippen LogP contribution in [-0.2, 0) is 0 Å². The number of anilines is 1. The summed E-state index contributed by atoms with van der Waals surface area (Å²) in [4.78, 5) is 11.2. The highest BCUT2D eigenvalue weighted by molar-refractivity contribution is 5.54. The van der Waals surface area contributed by atoms with Crippen LogP contribution < -0.4 is 4.90 Å². The third-order valence-electron chi connectivity index (χ3n) is 5.50. The van der Waals surface area contributed by atoms with E-state index in [-0.39, 0.29) is 0 Å². The summed E-state index contributed by atoms with van der Waals surface area (Å²) in [6, 6.07) is 0.618. The van der Waals surface area contributed by atoms with Crippen LogP contribution in [0.1, 0.15) is 54.7 Å². The lowest BCUT2D eigenvalue weighted by Gasteiger charge is -2.34. The molecule has 8 heteroatoms. The van der Waals surface area contributed by atoms with E-state index in [1.54, 1.807) is 6.33 Å². The number of aromatic nitrogens is 7. The fraction of sp³-hybridized carbons (Fsp3) is 0.588. The summed E-state index contributed by atoms with van der Waals surface area (Å²) in [7, 11) is 0. The molecule has 3 aromatic heterocycles. The Morgan fingerprint density at radius 2 is 2.04 bits per heavy atom. The first-order chi connectivity index (χ1) is 12.2. The van der Waals surface area contributed by atoms with Crippen molar-refractivity contribution in [2.45, 2.75) is 51.5 Å². The number of fused-ring (bicyclic) bond motifs is 1. The third kappa shape index (κ3) is 2.39. The highest BCUT2D eigenvalue weighted by Crippen LogP contribution is 2.38. The molecule has 0 bridgehead atoms. The predicted molar refractivity (Wildman–Crippen MR) is 92.7 cm³/mol. The summed E-state index contributed by atoms with van der Waals surface area (Å²) in [6.07, 6.45) is 8.29. The van der Waals surface area contributed by atoms with Crippen LogP contribution in [0.2, 0.25) is 0 Å². The van der Waals surface area contributed by atoms with Gasteiger partial charge >= 0.3 is 0 Å². The van der Waals surface area contributed by atoms with Crippen molar-refractivity contribution in [1.82, 2.24) is 34.3 Å². The van der Waals surface area contributed by atoms with Crippen LogP contribution in [0.3, 0.4) is 0 Å². The van der Waals surface area contributed by atoms with Crippen LogP contribution >= 0.6 is 0 Å². The number of nitrogens with zero attached hydrogens (tertiary/aromatic N) is 8. The van der Waals surface area contributed by atoms with Crippen LogP contribution in [0.5, 0.6) is 0 Å². The van der Waals surface area contributed by atoms with Gasteiger partial charge in [0.15, 0.2) is 0 Å². The van der Waals surface area contributed by atoms with Gasteiger partial charge in [-0.25, -0.2) is 4.98 Å². The fourth-order valence-corrected chi connectivity index (χ4v) is 3.94. The van der Waals surface area contributed by atoms with Crippen LogP contribution in [0.15, 0.2) is 12.7 Å². The molecule has 0 radical (unpaired) electrons. The first kappa shape index (κ1) is 14.8. The fourth-order valence-electron chi connectivity index (χ4n) is 3.94. The number of aryl methyl sites for hydroxylation is 1. The molecule has 0 N–H and O–H groups in total. The van der Waals surface area contributed by atoms with Crippen molar-refractivity contribution >= 4 is 11.6 Å². The van der Waals surface area contributed by atoms with Gasteiger partial charge < -0.3 is 9.47 Å². The minimum Gasteiger partial charge on any atom is -0.355 e. The van der Waals surface area contributed by atoms with E-state index in [2.05, 4.69) is 41.7 Å². The van der Waals surface area contributed by atoms with E-state index in [0.29, 0.717) is 17.7 Å². The van der Waals surface area contributed by atoms with E-state index < -0.39 is 0 Å². The average molecular weight is 338 g/mol. The Bertz CT molecular complexity index is 922. The van der Waals surface area contributed by atoms with Crippen molar-refractivity contribution < 1.29 is 0 Å². The topological polar surface area (TPSA) is 77.0 Å². The molecule has 2 fully saturated rings. The molecule has 130 valence electrons. The Balaban J connectivity index is 1.52. The molecular formula is C17H22N8. The average Bonchev–Trinajstić information content (AvgIpc) is 3.16. The molecule has 0 spiro atoms. The Kier molecular flexibility index (Phi) is 3.26. The maximum Gasteiger partial charge on any atom is 0.254 e. The number of piperidine rings is 1. The molecular weight excluding hydrogens is 316 g/mol. The van der Waals surface area contributed by atoms with Crippen LogP contribution in [-0.4, -0.2) is 47.4 Å². The third-order valence-corrected chi connectivity index (χ3v) is 5.50. The monoisotopic (exact) mass is 338 g/mol. The maximum absolute atomic E-state index is 4.54.